The van der Waals surface area contributed by atoms with Gasteiger partial charge in [-0.15, -0.1) is 21.5 Å². The largest absolute Gasteiger partial charge is 0.481 e. The fraction of sp³-hybridized carbons (Fsp3) is 0.286. The minimum Gasteiger partial charge on any atom is -0.481 e. The molecule has 0 saturated carbocycles. The van der Waals surface area contributed by atoms with Gasteiger partial charge in [0.05, 0.1) is 11.6 Å². The van der Waals surface area contributed by atoms with Crippen molar-refractivity contribution in [1.29, 1.82) is 0 Å². The molecule has 0 aliphatic carbocycles. The molecule has 2 atom stereocenters. The Morgan fingerprint density at radius 2 is 1.56 bits per heavy atom. The van der Waals surface area contributed by atoms with E-state index in [-0.39, 0.29) is 0 Å². The van der Waals surface area contributed by atoms with Crippen molar-refractivity contribution < 1.29 is 9.90 Å². The first-order valence-electron chi connectivity index (χ1n) is 11.9. The van der Waals surface area contributed by atoms with Gasteiger partial charge >= 0.3 is 5.97 Å². The van der Waals surface area contributed by atoms with Crippen molar-refractivity contribution in [3.63, 3.8) is 0 Å². The number of benzene rings is 2. The van der Waals surface area contributed by atoms with E-state index in [0.29, 0.717) is 5.82 Å². The molecule has 1 aliphatic heterocycles. The van der Waals surface area contributed by atoms with Crippen molar-refractivity contribution >= 4 is 28.7 Å². The summed E-state index contributed by atoms with van der Waals surface area (Å²) in [5, 5.41) is 19.5. The smallest absolute Gasteiger partial charge is 0.308 e. The molecule has 5 rings (SSSR count). The molecule has 7 nitrogen and oxygen atoms in total. The number of aryl methyl sites for hydroxylation is 2. The second-order valence-corrected chi connectivity index (χ2v) is 10.7. The van der Waals surface area contributed by atoms with Gasteiger partial charge in [-0.1, -0.05) is 36.4 Å². The number of carboxylic acids is 1. The Morgan fingerprint density at radius 3 is 2.14 bits per heavy atom. The van der Waals surface area contributed by atoms with Gasteiger partial charge in [-0.3, -0.25) is 14.4 Å². The van der Waals surface area contributed by atoms with Crippen molar-refractivity contribution in [2.24, 2.45) is 10.9 Å². The summed E-state index contributed by atoms with van der Waals surface area (Å²) in [7, 11) is 4.06. The summed E-state index contributed by atoms with van der Waals surface area (Å²) >= 11 is 1.67. The standard InChI is InChI=1S/C28H29N5O2S/c1-15-17(3)36-27-23(15)25(29-24(16(2)28(34)35)26-31-30-18(4)33(26)27)21-9-7-19(8-10-21)20-11-13-22(14-12-20)32(5)6/h7-14,16,24H,1-6H3,(H,34,35)/t16?,24-/m0/s1. The van der Waals surface area contributed by atoms with Crippen LogP contribution in [0.3, 0.4) is 0 Å². The molecule has 8 heteroatoms. The number of anilines is 1. The highest BCUT2D eigenvalue weighted by molar-refractivity contribution is 7.15. The van der Waals surface area contributed by atoms with E-state index in [2.05, 4.69) is 77.5 Å². The maximum Gasteiger partial charge on any atom is 0.308 e. The average molecular weight is 500 g/mol. The summed E-state index contributed by atoms with van der Waals surface area (Å²) in [6, 6.07) is 16.2. The molecule has 0 spiro atoms. The van der Waals surface area contributed by atoms with Crippen molar-refractivity contribution in [2.45, 2.75) is 33.7 Å². The molecule has 1 aliphatic rings. The minimum absolute atomic E-state index is 0.567. The molecule has 1 unspecified atom stereocenters. The Kier molecular flexibility index (Phi) is 6.00. The van der Waals surface area contributed by atoms with Crippen LogP contribution in [0.5, 0.6) is 0 Å². The first-order chi connectivity index (χ1) is 17.2. The summed E-state index contributed by atoms with van der Waals surface area (Å²) in [6.07, 6.45) is 0. The predicted octanol–water partition coefficient (Wildman–Crippen LogP) is 5.60. The van der Waals surface area contributed by atoms with E-state index in [4.69, 9.17) is 4.99 Å². The van der Waals surface area contributed by atoms with Crippen molar-refractivity contribution in [1.82, 2.24) is 14.8 Å². The van der Waals surface area contributed by atoms with Crippen LogP contribution in [0.1, 0.15) is 46.2 Å². The maximum absolute atomic E-state index is 12.0. The number of nitrogens with zero attached hydrogens (tertiary/aromatic N) is 5. The third kappa shape index (κ3) is 3.91. The van der Waals surface area contributed by atoms with Crippen molar-refractivity contribution in [2.75, 3.05) is 19.0 Å². The molecule has 2 aromatic carbocycles. The van der Waals surface area contributed by atoms with Crippen LogP contribution >= 0.6 is 11.3 Å². The number of carboxylic acid groups (broad SMARTS) is 1. The van der Waals surface area contributed by atoms with Gasteiger partial charge in [-0.2, -0.15) is 0 Å². The molecule has 0 bridgehead atoms. The third-order valence-corrected chi connectivity index (χ3v) is 8.12. The molecule has 0 fully saturated rings. The lowest BCUT2D eigenvalue weighted by Gasteiger charge is -2.16. The lowest BCUT2D eigenvalue weighted by molar-refractivity contribution is -0.141. The quantitative estimate of drug-likeness (QED) is 0.386. The number of aliphatic carboxylic acids is 1. The van der Waals surface area contributed by atoms with E-state index in [1.807, 2.05) is 25.6 Å². The van der Waals surface area contributed by atoms with Gasteiger partial charge < -0.3 is 10.0 Å². The molecule has 4 aromatic rings. The SMILES string of the molecule is Cc1sc2c(c1C)C(c1ccc(-c3ccc(N(C)C)cc3)cc1)=N[C@@H](C(C)C(=O)O)c1nnc(C)n1-2. The lowest BCUT2D eigenvalue weighted by atomic mass is 9.96. The normalized spacial score (nSPS) is 15.5. The Hall–Kier alpha value is -3.78. The van der Waals surface area contributed by atoms with Crippen LogP contribution in [0.4, 0.5) is 5.69 Å². The van der Waals surface area contributed by atoms with Gasteiger partial charge in [0.15, 0.2) is 5.82 Å². The second kappa shape index (κ2) is 9.02. The number of rotatable bonds is 5. The van der Waals surface area contributed by atoms with Crippen LogP contribution in [0, 0.1) is 26.7 Å². The predicted molar refractivity (Wildman–Crippen MR) is 145 cm³/mol. The highest BCUT2D eigenvalue weighted by Crippen LogP contribution is 2.40. The fourth-order valence-electron chi connectivity index (χ4n) is 4.59. The Balaban J connectivity index is 1.65. The maximum atomic E-state index is 12.0. The summed E-state index contributed by atoms with van der Waals surface area (Å²) < 4.78 is 1.99. The molecule has 1 N–H and O–H groups in total. The second-order valence-electron chi connectivity index (χ2n) is 9.47. The molecular formula is C28H29N5O2S. The first-order valence-corrected chi connectivity index (χ1v) is 12.7. The summed E-state index contributed by atoms with van der Waals surface area (Å²) in [4.78, 5) is 20.4. The van der Waals surface area contributed by atoms with Crippen LogP contribution in [0.15, 0.2) is 53.5 Å². The van der Waals surface area contributed by atoms with Gasteiger partial charge in [-0.05, 0) is 56.5 Å². The molecule has 2 aromatic heterocycles. The van der Waals surface area contributed by atoms with Crippen LogP contribution < -0.4 is 4.90 Å². The monoisotopic (exact) mass is 499 g/mol. The third-order valence-electron chi connectivity index (χ3n) is 6.93. The number of aliphatic imine (C=N–C) groups is 1. The Morgan fingerprint density at radius 1 is 0.972 bits per heavy atom. The molecule has 0 radical (unpaired) electrons. The van der Waals surface area contributed by atoms with E-state index in [9.17, 15) is 9.90 Å². The highest BCUT2D eigenvalue weighted by Gasteiger charge is 2.36. The topological polar surface area (TPSA) is 83.6 Å². The number of carbonyl (C=O) groups is 1. The molecule has 0 saturated heterocycles. The number of aromatic nitrogens is 3. The van der Waals surface area contributed by atoms with Gasteiger partial charge in [-0.25, -0.2) is 0 Å². The average Bonchev–Trinajstić information content (AvgIpc) is 3.33. The fourth-order valence-corrected chi connectivity index (χ4v) is 5.80. The highest BCUT2D eigenvalue weighted by atomic mass is 32.1. The van der Waals surface area contributed by atoms with E-state index < -0.39 is 17.9 Å². The Labute approximate surface area is 214 Å². The zero-order valence-electron chi connectivity index (χ0n) is 21.3. The molecular weight excluding hydrogens is 470 g/mol. The summed E-state index contributed by atoms with van der Waals surface area (Å²) in [6.45, 7) is 7.78. The Bertz CT molecular complexity index is 1480. The molecule has 36 heavy (non-hydrogen) atoms. The first kappa shape index (κ1) is 23.9. The van der Waals surface area contributed by atoms with Gasteiger partial charge in [0, 0.05) is 35.8 Å². The van der Waals surface area contributed by atoms with Crippen LogP contribution in [-0.2, 0) is 4.79 Å². The number of hydrogen-bond acceptors (Lipinski definition) is 6. The van der Waals surface area contributed by atoms with E-state index in [1.54, 1.807) is 18.3 Å². The van der Waals surface area contributed by atoms with E-state index in [1.165, 1.54) is 4.88 Å². The van der Waals surface area contributed by atoms with Crippen molar-refractivity contribution in [3.8, 4) is 16.1 Å². The molecule has 3 heterocycles. The number of thiophene rings is 1. The van der Waals surface area contributed by atoms with Gasteiger partial charge in [0.1, 0.15) is 16.9 Å². The molecule has 184 valence electrons. The zero-order chi connectivity index (χ0) is 25.7. The van der Waals surface area contributed by atoms with Crippen molar-refractivity contribution in [3.05, 3.63) is 81.7 Å². The van der Waals surface area contributed by atoms with Crippen LogP contribution in [0.25, 0.3) is 16.1 Å². The number of fused-ring (bicyclic) bond motifs is 3. The van der Waals surface area contributed by atoms with E-state index in [0.717, 1.165) is 50.0 Å². The van der Waals surface area contributed by atoms with Crippen LogP contribution in [-0.4, -0.2) is 45.6 Å². The van der Waals surface area contributed by atoms with E-state index >= 15 is 0 Å². The number of hydrogen-bond donors (Lipinski definition) is 1. The minimum atomic E-state index is -0.912. The van der Waals surface area contributed by atoms with Gasteiger partial charge in [0.2, 0.25) is 0 Å². The zero-order valence-corrected chi connectivity index (χ0v) is 22.1. The van der Waals surface area contributed by atoms with Crippen LogP contribution in [0.2, 0.25) is 0 Å². The lowest BCUT2D eigenvalue weighted by Crippen LogP contribution is -2.21. The summed E-state index contributed by atoms with van der Waals surface area (Å²) in [5.74, 6) is -0.377. The summed E-state index contributed by atoms with van der Waals surface area (Å²) in [5.41, 5.74) is 7.30. The van der Waals surface area contributed by atoms with Gasteiger partial charge in [0.25, 0.3) is 0 Å². The molecule has 0 amide bonds.